The van der Waals surface area contributed by atoms with E-state index in [-0.39, 0.29) is 10.6 Å². The van der Waals surface area contributed by atoms with Crippen molar-refractivity contribution in [2.45, 2.75) is 10.6 Å². The average Bonchev–Trinajstić information content (AvgIpc) is 2.32. The lowest BCUT2D eigenvalue weighted by Crippen LogP contribution is -2.05. The Morgan fingerprint density at radius 2 is 1.22 bits per heavy atom. The van der Waals surface area contributed by atoms with E-state index in [2.05, 4.69) is 0 Å². The largest absolute Gasteiger partial charge is 0.399 e. The first-order valence-corrected chi connectivity index (χ1v) is 7.05. The Labute approximate surface area is 106 Å². The topological polar surface area (TPSA) is 86.2 Å². The standard InChI is InChI=1S/C13H14N2O2S/c14-11-3-1-10(2-4-11)9-18(16,17)13-7-5-12(15)6-8-13/h1-8H,9,14-15H2. The van der Waals surface area contributed by atoms with Crippen molar-refractivity contribution in [3.63, 3.8) is 0 Å². The fraction of sp³-hybridized carbons (Fsp3) is 0.0769. The summed E-state index contributed by atoms with van der Waals surface area (Å²) in [5.41, 5.74) is 13.0. The first kappa shape index (κ1) is 12.4. The van der Waals surface area contributed by atoms with Crippen LogP contribution in [0.1, 0.15) is 5.56 Å². The molecule has 0 heterocycles. The van der Waals surface area contributed by atoms with Gasteiger partial charge in [-0.2, -0.15) is 0 Å². The molecule has 18 heavy (non-hydrogen) atoms. The fourth-order valence-corrected chi connectivity index (χ4v) is 2.94. The molecular formula is C13H14N2O2S. The van der Waals surface area contributed by atoms with Gasteiger partial charge < -0.3 is 11.5 Å². The number of benzene rings is 2. The SMILES string of the molecule is Nc1ccc(CS(=O)(=O)c2ccc(N)cc2)cc1. The van der Waals surface area contributed by atoms with Gasteiger partial charge in [0, 0.05) is 11.4 Å². The minimum absolute atomic E-state index is 0.0444. The second-order valence-electron chi connectivity index (χ2n) is 4.07. The number of hydrogen-bond acceptors (Lipinski definition) is 4. The van der Waals surface area contributed by atoms with Gasteiger partial charge in [-0.05, 0) is 42.0 Å². The lowest BCUT2D eigenvalue weighted by molar-refractivity contribution is 0.595. The Morgan fingerprint density at radius 1 is 0.778 bits per heavy atom. The second kappa shape index (κ2) is 4.70. The average molecular weight is 262 g/mol. The molecule has 0 unspecified atom stereocenters. The van der Waals surface area contributed by atoms with Gasteiger partial charge in [0.1, 0.15) is 0 Å². The van der Waals surface area contributed by atoms with Gasteiger partial charge in [0.25, 0.3) is 0 Å². The van der Waals surface area contributed by atoms with Gasteiger partial charge in [-0.3, -0.25) is 0 Å². The van der Waals surface area contributed by atoms with Gasteiger partial charge in [-0.1, -0.05) is 12.1 Å². The van der Waals surface area contributed by atoms with E-state index in [1.54, 1.807) is 36.4 Å². The van der Waals surface area contributed by atoms with Gasteiger partial charge in [-0.25, -0.2) is 8.42 Å². The molecule has 0 aliphatic rings. The summed E-state index contributed by atoms with van der Waals surface area (Å²) in [7, 11) is -3.34. The smallest absolute Gasteiger partial charge is 0.182 e. The van der Waals surface area contributed by atoms with E-state index in [0.29, 0.717) is 16.9 Å². The predicted octanol–water partition coefficient (Wildman–Crippen LogP) is 1.82. The van der Waals surface area contributed by atoms with Crippen LogP contribution in [0.25, 0.3) is 0 Å². The van der Waals surface area contributed by atoms with Crippen LogP contribution in [-0.2, 0) is 15.6 Å². The number of sulfone groups is 1. The minimum Gasteiger partial charge on any atom is -0.399 e. The van der Waals surface area contributed by atoms with Crippen LogP contribution < -0.4 is 11.5 Å². The maximum Gasteiger partial charge on any atom is 0.182 e. The number of nitrogens with two attached hydrogens (primary N) is 2. The molecule has 0 atom stereocenters. The van der Waals surface area contributed by atoms with Gasteiger partial charge in [0.15, 0.2) is 9.84 Å². The molecule has 4 nitrogen and oxygen atoms in total. The number of hydrogen-bond donors (Lipinski definition) is 2. The van der Waals surface area contributed by atoms with E-state index in [4.69, 9.17) is 11.5 Å². The van der Waals surface area contributed by atoms with Crippen LogP contribution in [0.4, 0.5) is 11.4 Å². The van der Waals surface area contributed by atoms with Gasteiger partial charge in [-0.15, -0.1) is 0 Å². The van der Waals surface area contributed by atoms with E-state index in [9.17, 15) is 8.42 Å². The molecule has 0 bridgehead atoms. The van der Waals surface area contributed by atoms with E-state index < -0.39 is 9.84 Å². The molecule has 4 N–H and O–H groups in total. The highest BCUT2D eigenvalue weighted by molar-refractivity contribution is 7.90. The van der Waals surface area contributed by atoms with Crippen molar-refractivity contribution in [1.82, 2.24) is 0 Å². The minimum atomic E-state index is -3.34. The van der Waals surface area contributed by atoms with Crippen LogP contribution in [-0.4, -0.2) is 8.42 Å². The highest BCUT2D eigenvalue weighted by atomic mass is 32.2. The van der Waals surface area contributed by atoms with E-state index in [0.717, 1.165) is 0 Å². The lowest BCUT2D eigenvalue weighted by Gasteiger charge is -2.05. The number of nitrogen functional groups attached to an aromatic ring is 2. The maximum atomic E-state index is 12.1. The van der Waals surface area contributed by atoms with Crippen molar-refractivity contribution in [3.8, 4) is 0 Å². The molecule has 5 heteroatoms. The zero-order chi connectivity index (χ0) is 13.2. The van der Waals surface area contributed by atoms with Crippen LogP contribution in [0.3, 0.4) is 0 Å². The first-order chi connectivity index (χ1) is 8.47. The summed E-state index contributed by atoms with van der Waals surface area (Å²) in [4.78, 5) is 0.272. The fourth-order valence-electron chi connectivity index (χ4n) is 1.59. The molecule has 0 saturated carbocycles. The highest BCUT2D eigenvalue weighted by Gasteiger charge is 2.14. The van der Waals surface area contributed by atoms with Gasteiger partial charge in [0.2, 0.25) is 0 Å². The molecular weight excluding hydrogens is 248 g/mol. The van der Waals surface area contributed by atoms with Crippen LogP contribution in [0.2, 0.25) is 0 Å². The monoisotopic (exact) mass is 262 g/mol. The summed E-state index contributed by atoms with van der Waals surface area (Å²) >= 11 is 0. The van der Waals surface area contributed by atoms with Crippen molar-refractivity contribution in [2.24, 2.45) is 0 Å². The molecule has 2 rings (SSSR count). The summed E-state index contributed by atoms with van der Waals surface area (Å²) < 4.78 is 24.3. The third kappa shape index (κ3) is 2.81. The summed E-state index contributed by atoms with van der Waals surface area (Å²) in [6, 6.07) is 13.0. The van der Waals surface area contributed by atoms with Crippen LogP contribution >= 0.6 is 0 Å². The number of anilines is 2. The molecule has 0 aromatic heterocycles. The maximum absolute atomic E-state index is 12.1. The van der Waals surface area contributed by atoms with Crippen molar-refractivity contribution in [2.75, 3.05) is 11.5 Å². The van der Waals surface area contributed by atoms with Crippen LogP contribution in [0, 0.1) is 0 Å². The summed E-state index contributed by atoms with van der Waals surface area (Å²) in [6.07, 6.45) is 0. The lowest BCUT2D eigenvalue weighted by atomic mass is 10.2. The molecule has 0 aliphatic heterocycles. The Bertz CT molecular complexity index is 632. The molecule has 0 fully saturated rings. The molecule has 94 valence electrons. The molecule has 0 aliphatic carbocycles. The van der Waals surface area contributed by atoms with Gasteiger partial charge >= 0.3 is 0 Å². The Morgan fingerprint density at radius 3 is 1.72 bits per heavy atom. The molecule has 0 amide bonds. The summed E-state index contributed by atoms with van der Waals surface area (Å²) in [5, 5.41) is 0. The van der Waals surface area contributed by atoms with E-state index in [1.807, 2.05) is 0 Å². The summed E-state index contributed by atoms with van der Waals surface area (Å²) in [5.74, 6) is -0.0444. The van der Waals surface area contributed by atoms with E-state index >= 15 is 0 Å². The molecule has 0 radical (unpaired) electrons. The second-order valence-corrected chi connectivity index (χ2v) is 6.06. The van der Waals surface area contributed by atoms with Crippen molar-refractivity contribution in [3.05, 3.63) is 54.1 Å². The van der Waals surface area contributed by atoms with E-state index in [1.165, 1.54) is 12.1 Å². The zero-order valence-corrected chi connectivity index (χ0v) is 10.5. The Kier molecular flexibility index (Phi) is 3.25. The first-order valence-electron chi connectivity index (χ1n) is 5.40. The third-order valence-electron chi connectivity index (χ3n) is 2.58. The van der Waals surface area contributed by atoms with Gasteiger partial charge in [0.05, 0.1) is 10.6 Å². The summed E-state index contributed by atoms with van der Waals surface area (Å²) in [6.45, 7) is 0. The normalized spacial score (nSPS) is 11.3. The molecule has 0 spiro atoms. The van der Waals surface area contributed by atoms with Crippen molar-refractivity contribution >= 4 is 21.2 Å². The molecule has 2 aromatic rings. The van der Waals surface area contributed by atoms with Crippen molar-refractivity contribution in [1.29, 1.82) is 0 Å². The van der Waals surface area contributed by atoms with Crippen molar-refractivity contribution < 1.29 is 8.42 Å². The Balaban J connectivity index is 2.27. The molecule has 2 aromatic carbocycles. The third-order valence-corrected chi connectivity index (χ3v) is 4.28. The van der Waals surface area contributed by atoms with Crippen LogP contribution in [0.5, 0.6) is 0 Å². The highest BCUT2D eigenvalue weighted by Crippen LogP contribution is 2.18. The Hall–Kier alpha value is -2.01. The zero-order valence-electron chi connectivity index (χ0n) is 9.71. The van der Waals surface area contributed by atoms with Crippen LogP contribution in [0.15, 0.2) is 53.4 Å². The predicted molar refractivity (Wildman–Crippen MR) is 72.6 cm³/mol. The number of rotatable bonds is 3. The molecule has 0 saturated heterocycles. The quantitative estimate of drug-likeness (QED) is 0.826.